The van der Waals surface area contributed by atoms with Crippen LogP contribution in [0, 0.1) is 11.8 Å². The summed E-state index contributed by atoms with van der Waals surface area (Å²) in [6.07, 6.45) is -2.12. The number of carboxylic acids is 2. The second kappa shape index (κ2) is 8.99. The Hall–Kier alpha value is -3.40. The Morgan fingerprint density at radius 1 is 1.43 bits per heavy atom. The molecule has 0 saturated carbocycles. The van der Waals surface area contributed by atoms with Crippen molar-refractivity contribution >= 4 is 62.6 Å². The molecule has 0 aliphatic carbocycles. The standard InChI is InChI=1S/C19H20N4O10S2/c1-2-11(16(27)28)33-22-13(9-5-34-18(20)21-9)10(24)4-8-14(26)23-15(8)35(31)6-7-3-12(25)32-19(7,23)17(29)30/h5,7-8,11,15H,2-4,6H2,1H3,(H2,20,21)(H,27,28)(H,29,30)/b22-13-/t7-,8+,11-,15+,19+,35-/m0/s1. The predicted octanol–water partition coefficient (Wildman–Crippen LogP) is -0.841. The van der Waals surface area contributed by atoms with Crippen LogP contribution in [0.15, 0.2) is 10.5 Å². The highest BCUT2D eigenvalue weighted by Gasteiger charge is 2.72. The second-order valence-corrected chi connectivity index (χ2v) is 10.6. The number of aliphatic carboxylic acids is 2. The maximum Gasteiger partial charge on any atom is 0.370 e. The van der Waals surface area contributed by atoms with Crippen LogP contribution in [0.3, 0.4) is 0 Å². The van der Waals surface area contributed by atoms with Crippen molar-refractivity contribution in [3.05, 3.63) is 11.1 Å². The van der Waals surface area contributed by atoms with Gasteiger partial charge in [0.05, 0.1) is 18.3 Å². The minimum Gasteiger partial charge on any atom is -0.478 e. The lowest BCUT2D eigenvalue weighted by molar-refractivity contribution is -0.220. The van der Waals surface area contributed by atoms with E-state index in [1.807, 2.05) is 0 Å². The summed E-state index contributed by atoms with van der Waals surface area (Å²) in [5.74, 6) is -7.62. The molecule has 0 bridgehead atoms. The molecule has 1 aromatic heterocycles. The van der Waals surface area contributed by atoms with Crippen LogP contribution in [0.5, 0.6) is 0 Å². The van der Waals surface area contributed by atoms with Crippen LogP contribution in [0.2, 0.25) is 0 Å². The average Bonchev–Trinajstić information content (AvgIpc) is 3.35. The molecule has 0 spiro atoms. The first kappa shape index (κ1) is 24.7. The van der Waals surface area contributed by atoms with Crippen molar-refractivity contribution in [3.8, 4) is 0 Å². The Kier molecular flexibility index (Phi) is 6.35. The Balaban J connectivity index is 1.60. The Morgan fingerprint density at radius 3 is 2.71 bits per heavy atom. The highest BCUT2D eigenvalue weighted by Crippen LogP contribution is 2.50. The molecule has 3 aliphatic heterocycles. The molecule has 0 unspecified atom stereocenters. The maximum absolute atomic E-state index is 13.1. The van der Waals surface area contributed by atoms with Gasteiger partial charge in [0.2, 0.25) is 12.0 Å². The lowest BCUT2D eigenvalue weighted by Crippen LogP contribution is -2.78. The fourth-order valence-electron chi connectivity index (χ4n) is 4.38. The Morgan fingerprint density at radius 2 is 2.14 bits per heavy atom. The lowest BCUT2D eigenvalue weighted by Gasteiger charge is -2.56. The van der Waals surface area contributed by atoms with Crippen LogP contribution in [-0.4, -0.2) is 82.6 Å². The number of ketones is 1. The fraction of sp³-hybridized carbons (Fsp3) is 0.526. The number of thiazole rings is 1. The summed E-state index contributed by atoms with van der Waals surface area (Å²) >= 11 is 0.992. The third-order valence-electron chi connectivity index (χ3n) is 6.04. The van der Waals surface area contributed by atoms with E-state index in [0.29, 0.717) is 0 Å². The first-order chi connectivity index (χ1) is 16.5. The van der Waals surface area contributed by atoms with Gasteiger partial charge in [-0.3, -0.25) is 23.5 Å². The molecule has 0 aromatic carbocycles. The van der Waals surface area contributed by atoms with Gasteiger partial charge in [0.25, 0.3) is 5.72 Å². The zero-order chi connectivity index (χ0) is 25.7. The molecular weight excluding hydrogens is 508 g/mol. The zero-order valence-corrected chi connectivity index (χ0v) is 19.7. The van der Waals surface area contributed by atoms with E-state index in [4.69, 9.17) is 20.4 Å². The summed E-state index contributed by atoms with van der Waals surface area (Å²) in [4.78, 5) is 71.1. The lowest BCUT2D eigenvalue weighted by atomic mass is 9.84. The quantitative estimate of drug-likeness (QED) is 0.155. The molecule has 3 fully saturated rings. The van der Waals surface area contributed by atoms with E-state index in [1.54, 1.807) is 0 Å². The number of nitrogen functional groups attached to an aromatic ring is 1. The summed E-state index contributed by atoms with van der Waals surface area (Å²) in [5, 5.41) is 23.0. The van der Waals surface area contributed by atoms with Crippen LogP contribution in [-0.2, 0) is 44.3 Å². The molecule has 4 rings (SSSR count). The number of rotatable bonds is 9. The SMILES string of the molecule is CC[C@H](O/N=C(\C(=O)C[C@@H]1C(=O)N2[C@@H]1[S@@](=O)C[C@@H]1CC(=O)O[C@@]12C(=O)O)c1csc(N)n1)C(=O)O. The molecule has 1 aromatic rings. The average molecular weight is 529 g/mol. The van der Waals surface area contributed by atoms with Gasteiger partial charge in [-0.15, -0.1) is 11.3 Å². The monoisotopic (exact) mass is 528 g/mol. The summed E-state index contributed by atoms with van der Waals surface area (Å²) in [6.45, 7) is 1.54. The topological polar surface area (TPSA) is 216 Å². The van der Waals surface area contributed by atoms with E-state index in [2.05, 4.69) is 10.1 Å². The van der Waals surface area contributed by atoms with E-state index >= 15 is 0 Å². The molecule has 6 atom stereocenters. The van der Waals surface area contributed by atoms with E-state index in [-0.39, 0.29) is 35.1 Å². The van der Waals surface area contributed by atoms with Gasteiger partial charge < -0.3 is 25.5 Å². The predicted molar refractivity (Wildman–Crippen MR) is 117 cm³/mol. The number of carboxylic acid groups (broad SMARTS) is 2. The van der Waals surface area contributed by atoms with E-state index in [1.165, 1.54) is 12.3 Å². The number of carbonyl (C=O) groups excluding carboxylic acids is 3. The number of oxime groups is 1. The number of Topliss-reactive ketones (excluding diaryl/α,β-unsaturated/α-hetero) is 1. The number of β-lactam (4-membered cyclic amide) rings is 1. The first-order valence-corrected chi connectivity index (χ1v) is 12.6. The van der Waals surface area contributed by atoms with Gasteiger partial charge in [-0.2, -0.15) is 0 Å². The molecule has 3 aliphatic rings. The number of fused-ring (bicyclic) bond motifs is 3. The number of nitrogens with two attached hydrogens (primary N) is 1. The van der Waals surface area contributed by atoms with Gasteiger partial charge >= 0.3 is 17.9 Å². The van der Waals surface area contributed by atoms with E-state index in [0.717, 1.165) is 16.2 Å². The molecule has 188 valence electrons. The zero-order valence-electron chi connectivity index (χ0n) is 18.1. The van der Waals surface area contributed by atoms with Crippen LogP contribution in [0.1, 0.15) is 31.9 Å². The van der Waals surface area contributed by atoms with Crippen molar-refractivity contribution in [1.29, 1.82) is 0 Å². The smallest absolute Gasteiger partial charge is 0.370 e. The summed E-state index contributed by atoms with van der Waals surface area (Å²) < 4.78 is 17.9. The minimum absolute atomic E-state index is 0.00192. The normalized spacial score (nSPS) is 30.5. The van der Waals surface area contributed by atoms with E-state index < -0.39 is 75.9 Å². The van der Waals surface area contributed by atoms with Crippen molar-refractivity contribution in [2.45, 2.75) is 43.4 Å². The number of aromatic nitrogens is 1. The number of anilines is 1. The van der Waals surface area contributed by atoms with Crippen LogP contribution < -0.4 is 5.73 Å². The van der Waals surface area contributed by atoms with Crippen molar-refractivity contribution in [2.75, 3.05) is 11.5 Å². The minimum atomic E-state index is -2.26. The van der Waals surface area contributed by atoms with Gasteiger partial charge in [-0.1, -0.05) is 12.1 Å². The fourth-order valence-corrected chi connectivity index (χ4v) is 6.94. The van der Waals surface area contributed by atoms with Gasteiger partial charge in [-0.05, 0) is 6.42 Å². The number of carbonyl (C=O) groups is 5. The van der Waals surface area contributed by atoms with Crippen molar-refractivity contribution in [2.24, 2.45) is 17.0 Å². The summed E-state index contributed by atoms with van der Waals surface area (Å²) in [5.41, 5.74) is 2.98. The number of amides is 1. The summed E-state index contributed by atoms with van der Waals surface area (Å²) in [6, 6.07) is 0. The van der Waals surface area contributed by atoms with Gasteiger partial charge in [0, 0.05) is 28.4 Å². The van der Waals surface area contributed by atoms with Crippen molar-refractivity contribution in [1.82, 2.24) is 9.88 Å². The molecule has 3 saturated heterocycles. The third kappa shape index (κ3) is 3.95. The van der Waals surface area contributed by atoms with Gasteiger partial charge in [-0.25, -0.2) is 14.6 Å². The van der Waals surface area contributed by atoms with E-state index in [9.17, 15) is 33.3 Å². The molecular formula is C19H20N4O10S2. The van der Waals surface area contributed by atoms with Crippen LogP contribution >= 0.6 is 11.3 Å². The molecule has 0 radical (unpaired) electrons. The van der Waals surface area contributed by atoms with Crippen LogP contribution in [0.4, 0.5) is 5.13 Å². The van der Waals surface area contributed by atoms with Crippen LogP contribution in [0.25, 0.3) is 0 Å². The Labute approximate surface area is 203 Å². The highest BCUT2D eigenvalue weighted by molar-refractivity contribution is 7.85. The maximum atomic E-state index is 13.1. The van der Waals surface area contributed by atoms with Crippen molar-refractivity contribution < 1.29 is 48.0 Å². The second-order valence-electron chi connectivity index (χ2n) is 8.11. The molecule has 14 nitrogen and oxygen atoms in total. The number of hydrogen-bond donors (Lipinski definition) is 3. The Bertz CT molecular complexity index is 1180. The van der Waals surface area contributed by atoms with Crippen molar-refractivity contribution in [3.63, 3.8) is 0 Å². The molecule has 35 heavy (non-hydrogen) atoms. The number of ether oxygens (including phenoxy) is 1. The molecule has 1 amide bonds. The highest BCUT2D eigenvalue weighted by atomic mass is 32.2. The number of esters is 1. The van der Waals surface area contributed by atoms with Gasteiger partial charge in [0.15, 0.2) is 16.6 Å². The summed E-state index contributed by atoms with van der Waals surface area (Å²) in [7, 11) is -1.76. The number of nitrogens with zero attached hydrogens (tertiary/aromatic N) is 3. The number of hydrogen-bond acceptors (Lipinski definition) is 12. The molecule has 4 N–H and O–H groups in total. The molecule has 4 heterocycles. The first-order valence-electron chi connectivity index (χ1n) is 10.4. The largest absolute Gasteiger partial charge is 0.478 e. The molecule has 16 heteroatoms. The third-order valence-corrected chi connectivity index (χ3v) is 8.52. The van der Waals surface area contributed by atoms with Gasteiger partial charge in [0.1, 0.15) is 11.1 Å².